The smallest absolute Gasteiger partial charge is 0.234 e. The third kappa shape index (κ3) is 2.75. The molecule has 6 heteroatoms. The Bertz CT molecular complexity index is 394. The highest BCUT2D eigenvalue weighted by molar-refractivity contribution is 7.99. The van der Waals surface area contributed by atoms with E-state index in [0.717, 1.165) is 19.3 Å². The maximum Gasteiger partial charge on any atom is 0.234 e. The van der Waals surface area contributed by atoms with Gasteiger partial charge in [0.2, 0.25) is 5.91 Å². The fourth-order valence-electron chi connectivity index (χ4n) is 3.59. The van der Waals surface area contributed by atoms with E-state index in [1.165, 1.54) is 6.42 Å². The van der Waals surface area contributed by atoms with Crippen LogP contribution in [0.3, 0.4) is 0 Å². The molecule has 0 aromatic carbocycles. The van der Waals surface area contributed by atoms with Crippen molar-refractivity contribution in [3.8, 4) is 0 Å². The van der Waals surface area contributed by atoms with Gasteiger partial charge in [0.1, 0.15) is 5.41 Å². The summed E-state index contributed by atoms with van der Waals surface area (Å²) in [7, 11) is 0. The molecule has 2 saturated carbocycles. The van der Waals surface area contributed by atoms with E-state index >= 15 is 0 Å². The molecule has 2 rings (SSSR count). The predicted octanol–water partition coefficient (Wildman–Crippen LogP) is 1.94. The van der Waals surface area contributed by atoms with Crippen molar-refractivity contribution >= 4 is 23.5 Å². The maximum absolute atomic E-state index is 12.6. The second kappa shape index (κ2) is 6.24. The Morgan fingerprint density at radius 3 is 2.60 bits per heavy atom. The average molecular weight is 299 g/mol. The number of carbonyl (C=O) groups excluding carboxylic acids is 1. The largest absolute Gasteiger partial charge is 0.409 e. The van der Waals surface area contributed by atoms with Gasteiger partial charge >= 0.3 is 0 Å². The van der Waals surface area contributed by atoms with Gasteiger partial charge in [0.15, 0.2) is 5.84 Å². The Kier molecular flexibility index (Phi) is 4.83. The van der Waals surface area contributed by atoms with Crippen molar-refractivity contribution in [3.63, 3.8) is 0 Å². The Labute approximate surface area is 124 Å². The summed E-state index contributed by atoms with van der Waals surface area (Å²) >= 11 is 1.82. The van der Waals surface area contributed by atoms with E-state index in [2.05, 4.69) is 23.7 Å². The number of amides is 1. The standard InChI is InChI=1S/C14H25N3O2S/c1-9-7-14(8-9,12(15)17-19)13(18)16-10-5-3-4-6-11(10)20-2/h9-11,19H,3-8H2,1-2H3,(H2,15,17)(H,16,18). The summed E-state index contributed by atoms with van der Waals surface area (Å²) in [6.45, 7) is 2.08. The highest BCUT2D eigenvalue weighted by Crippen LogP contribution is 2.46. The van der Waals surface area contributed by atoms with E-state index in [9.17, 15) is 4.79 Å². The third-order valence-electron chi connectivity index (χ3n) is 4.75. The topological polar surface area (TPSA) is 87.7 Å². The van der Waals surface area contributed by atoms with Crippen LogP contribution in [0.1, 0.15) is 45.4 Å². The molecular formula is C14H25N3O2S. The molecule has 0 aromatic heterocycles. The van der Waals surface area contributed by atoms with Gasteiger partial charge < -0.3 is 16.3 Å². The molecule has 114 valence electrons. The first-order chi connectivity index (χ1) is 9.53. The molecule has 2 fully saturated rings. The van der Waals surface area contributed by atoms with E-state index in [4.69, 9.17) is 10.9 Å². The lowest BCUT2D eigenvalue weighted by Crippen LogP contribution is -2.59. The molecule has 4 N–H and O–H groups in total. The SMILES string of the molecule is CSC1CCCCC1NC(=O)C1(C(N)=NO)CC(C)C1. The van der Waals surface area contributed by atoms with Crippen LogP contribution in [-0.4, -0.2) is 34.5 Å². The Hall–Kier alpha value is -0.910. The van der Waals surface area contributed by atoms with Crippen LogP contribution in [0, 0.1) is 11.3 Å². The third-order valence-corrected chi connectivity index (χ3v) is 5.92. The molecule has 0 spiro atoms. The predicted molar refractivity (Wildman–Crippen MR) is 81.9 cm³/mol. The summed E-state index contributed by atoms with van der Waals surface area (Å²) in [4.78, 5) is 12.6. The summed E-state index contributed by atoms with van der Waals surface area (Å²) in [5.41, 5.74) is 5.00. The number of nitrogens with two attached hydrogens (primary N) is 1. The van der Waals surface area contributed by atoms with E-state index in [-0.39, 0.29) is 17.8 Å². The summed E-state index contributed by atoms with van der Waals surface area (Å²) in [5, 5.41) is 15.7. The molecule has 2 atom stereocenters. The molecule has 20 heavy (non-hydrogen) atoms. The van der Waals surface area contributed by atoms with Crippen LogP contribution in [0.15, 0.2) is 5.16 Å². The summed E-state index contributed by atoms with van der Waals surface area (Å²) in [6.07, 6.45) is 8.02. The van der Waals surface area contributed by atoms with Crippen LogP contribution in [-0.2, 0) is 4.79 Å². The number of rotatable bonds is 4. The first kappa shape index (κ1) is 15.5. The van der Waals surface area contributed by atoms with Crippen molar-refractivity contribution < 1.29 is 10.0 Å². The van der Waals surface area contributed by atoms with E-state index in [1.807, 2.05) is 11.8 Å². The Balaban J connectivity index is 2.06. The molecule has 0 saturated heterocycles. The maximum atomic E-state index is 12.6. The van der Waals surface area contributed by atoms with Crippen LogP contribution < -0.4 is 11.1 Å². The van der Waals surface area contributed by atoms with Gasteiger partial charge in [-0.1, -0.05) is 24.9 Å². The van der Waals surface area contributed by atoms with E-state index < -0.39 is 5.41 Å². The molecular weight excluding hydrogens is 274 g/mol. The van der Waals surface area contributed by atoms with Crippen LogP contribution >= 0.6 is 11.8 Å². The number of hydrogen-bond acceptors (Lipinski definition) is 4. The number of carbonyl (C=O) groups is 1. The van der Waals surface area contributed by atoms with Gasteiger partial charge in [0, 0.05) is 11.3 Å². The molecule has 5 nitrogen and oxygen atoms in total. The first-order valence-electron chi connectivity index (χ1n) is 7.35. The second-order valence-electron chi connectivity index (χ2n) is 6.22. The zero-order chi connectivity index (χ0) is 14.8. The van der Waals surface area contributed by atoms with Gasteiger partial charge in [-0.25, -0.2) is 0 Å². The van der Waals surface area contributed by atoms with Gasteiger partial charge in [0.25, 0.3) is 0 Å². The minimum atomic E-state index is -0.783. The van der Waals surface area contributed by atoms with Crippen LogP contribution in [0.25, 0.3) is 0 Å². The number of oxime groups is 1. The van der Waals surface area contributed by atoms with Crippen molar-refractivity contribution in [3.05, 3.63) is 0 Å². The lowest BCUT2D eigenvalue weighted by atomic mass is 9.61. The molecule has 1 amide bonds. The molecule has 2 aliphatic rings. The minimum Gasteiger partial charge on any atom is -0.409 e. The van der Waals surface area contributed by atoms with Gasteiger partial charge in [-0.15, -0.1) is 0 Å². The van der Waals surface area contributed by atoms with Crippen molar-refractivity contribution in [1.29, 1.82) is 0 Å². The summed E-state index contributed by atoms with van der Waals surface area (Å²) in [5.74, 6) is 0.449. The molecule has 0 aromatic rings. The fraction of sp³-hybridized carbons (Fsp3) is 0.857. The summed E-state index contributed by atoms with van der Waals surface area (Å²) in [6, 6.07) is 0.213. The highest BCUT2D eigenvalue weighted by atomic mass is 32.2. The average Bonchev–Trinajstić information content (AvgIpc) is 2.43. The van der Waals surface area contributed by atoms with Crippen LogP contribution in [0.2, 0.25) is 0 Å². The normalized spacial score (nSPS) is 38.1. The molecule has 0 radical (unpaired) electrons. The van der Waals surface area contributed by atoms with Crippen LogP contribution in [0.4, 0.5) is 0 Å². The van der Waals surface area contributed by atoms with Crippen molar-refractivity contribution in [1.82, 2.24) is 5.32 Å². The Morgan fingerprint density at radius 1 is 1.40 bits per heavy atom. The first-order valence-corrected chi connectivity index (χ1v) is 8.64. The Morgan fingerprint density at radius 2 is 2.05 bits per heavy atom. The van der Waals surface area contributed by atoms with E-state index in [0.29, 0.717) is 24.0 Å². The monoisotopic (exact) mass is 299 g/mol. The zero-order valence-corrected chi connectivity index (χ0v) is 13.1. The number of hydrogen-bond donors (Lipinski definition) is 3. The van der Waals surface area contributed by atoms with Gasteiger partial charge in [-0.2, -0.15) is 11.8 Å². The lowest BCUT2D eigenvalue weighted by molar-refractivity contribution is -0.134. The van der Waals surface area contributed by atoms with Gasteiger partial charge in [-0.05, 0) is 37.9 Å². The molecule has 0 aliphatic heterocycles. The number of nitrogens with zero attached hydrogens (tertiary/aromatic N) is 1. The molecule has 0 bridgehead atoms. The second-order valence-corrected chi connectivity index (χ2v) is 7.30. The minimum absolute atomic E-state index is 0.0585. The van der Waals surface area contributed by atoms with E-state index in [1.54, 1.807) is 0 Å². The fourth-order valence-corrected chi connectivity index (χ4v) is 4.52. The van der Waals surface area contributed by atoms with Crippen molar-refractivity contribution in [2.45, 2.75) is 56.7 Å². The number of nitrogens with one attached hydrogen (secondary N) is 1. The van der Waals surface area contributed by atoms with Crippen LogP contribution in [0.5, 0.6) is 0 Å². The van der Waals surface area contributed by atoms with Gasteiger partial charge in [0.05, 0.1) is 0 Å². The number of thioether (sulfide) groups is 1. The molecule has 2 aliphatic carbocycles. The lowest BCUT2D eigenvalue weighted by Gasteiger charge is -2.45. The summed E-state index contributed by atoms with van der Waals surface area (Å²) < 4.78 is 0. The highest BCUT2D eigenvalue weighted by Gasteiger charge is 2.52. The van der Waals surface area contributed by atoms with Gasteiger partial charge in [-0.3, -0.25) is 4.79 Å². The zero-order valence-electron chi connectivity index (χ0n) is 12.3. The number of amidine groups is 1. The molecule has 2 unspecified atom stereocenters. The van der Waals surface area contributed by atoms with Crippen molar-refractivity contribution in [2.24, 2.45) is 22.2 Å². The molecule has 0 heterocycles. The van der Waals surface area contributed by atoms with Crippen molar-refractivity contribution in [2.75, 3.05) is 6.26 Å². The quantitative estimate of drug-likeness (QED) is 0.320.